The molecule has 0 aromatic heterocycles. The minimum absolute atomic E-state index is 0.0454. The van der Waals surface area contributed by atoms with Crippen LogP contribution in [-0.2, 0) is 14.8 Å². The lowest BCUT2D eigenvalue weighted by molar-refractivity contribution is -0.137. The van der Waals surface area contributed by atoms with Crippen LogP contribution in [0, 0.1) is 0 Å². The maximum absolute atomic E-state index is 12.6. The van der Waals surface area contributed by atoms with E-state index in [2.05, 4.69) is 0 Å². The third-order valence-corrected chi connectivity index (χ3v) is 4.94. The molecule has 0 heterocycles. The van der Waals surface area contributed by atoms with Gasteiger partial charge in [0.15, 0.2) is 11.5 Å². The van der Waals surface area contributed by atoms with Gasteiger partial charge >= 0.3 is 5.97 Å². The second-order valence-corrected chi connectivity index (χ2v) is 6.50. The predicted molar refractivity (Wildman–Crippen MR) is 80.8 cm³/mol. The Bertz CT molecular complexity index is 614. The molecule has 22 heavy (non-hydrogen) atoms. The van der Waals surface area contributed by atoms with Crippen LogP contribution < -0.4 is 9.47 Å². The van der Waals surface area contributed by atoms with Crippen molar-refractivity contribution in [2.24, 2.45) is 0 Å². The summed E-state index contributed by atoms with van der Waals surface area (Å²) in [6.07, 6.45) is 0.346. The molecular weight excluding hydrogens is 310 g/mol. The van der Waals surface area contributed by atoms with E-state index in [0.717, 1.165) is 0 Å². The molecule has 0 amide bonds. The molecule has 0 saturated heterocycles. The van der Waals surface area contributed by atoms with E-state index in [-0.39, 0.29) is 24.4 Å². The minimum Gasteiger partial charge on any atom is -0.493 e. The maximum atomic E-state index is 12.6. The van der Waals surface area contributed by atoms with Gasteiger partial charge in [0.2, 0.25) is 10.0 Å². The molecule has 0 atom stereocenters. The molecule has 0 radical (unpaired) electrons. The molecule has 124 valence electrons. The third-order valence-electron chi connectivity index (χ3n) is 3.04. The van der Waals surface area contributed by atoms with Crippen molar-refractivity contribution in [3.63, 3.8) is 0 Å². The number of sulfonamides is 1. The minimum atomic E-state index is -3.78. The molecule has 0 bridgehead atoms. The van der Waals surface area contributed by atoms with Crippen LogP contribution in [0.4, 0.5) is 0 Å². The number of carboxylic acid groups (broad SMARTS) is 1. The summed E-state index contributed by atoms with van der Waals surface area (Å²) in [6.45, 7) is 2.02. The van der Waals surface area contributed by atoms with Crippen LogP contribution in [0.25, 0.3) is 0 Å². The molecule has 1 aromatic rings. The van der Waals surface area contributed by atoms with Crippen molar-refractivity contribution in [2.45, 2.75) is 24.7 Å². The Labute approximate surface area is 130 Å². The first-order valence-corrected chi connectivity index (χ1v) is 8.24. The Morgan fingerprint density at radius 3 is 2.32 bits per heavy atom. The monoisotopic (exact) mass is 331 g/mol. The molecule has 0 spiro atoms. The van der Waals surface area contributed by atoms with E-state index in [0.29, 0.717) is 17.9 Å². The van der Waals surface area contributed by atoms with Crippen LogP contribution >= 0.6 is 0 Å². The van der Waals surface area contributed by atoms with Crippen molar-refractivity contribution in [1.29, 1.82) is 0 Å². The van der Waals surface area contributed by atoms with Crippen LogP contribution in [0.5, 0.6) is 11.5 Å². The zero-order chi connectivity index (χ0) is 16.8. The van der Waals surface area contributed by atoms with Gasteiger partial charge in [-0.05, 0) is 18.6 Å². The first kappa shape index (κ1) is 18.2. The molecule has 0 fully saturated rings. The second kappa shape index (κ2) is 8.00. The van der Waals surface area contributed by atoms with Gasteiger partial charge in [-0.2, -0.15) is 4.31 Å². The summed E-state index contributed by atoms with van der Waals surface area (Å²) in [4.78, 5) is 10.7. The molecule has 8 heteroatoms. The van der Waals surface area contributed by atoms with Gasteiger partial charge in [0.1, 0.15) is 0 Å². The maximum Gasteiger partial charge on any atom is 0.304 e. The number of carboxylic acids is 1. The quantitative estimate of drug-likeness (QED) is 0.738. The number of carbonyl (C=O) groups is 1. The van der Waals surface area contributed by atoms with Crippen LogP contribution in [0.15, 0.2) is 23.1 Å². The van der Waals surface area contributed by atoms with Gasteiger partial charge in [-0.25, -0.2) is 8.42 Å². The van der Waals surface area contributed by atoms with E-state index in [4.69, 9.17) is 14.6 Å². The van der Waals surface area contributed by atoms with Crippen molar-refractivity contribution in [1.82, 2.24) is 4.31 Å². The van der Waals surface area contributed by atoms with E-state index in [9.17, 15) is 13.2 Å². The molecule has 0 saturated carbocycles. The number of methoxy groups -OCH3 is 2. The lowest BCUT2D eigenvalue weighted by Crippen LogP contribution is -2.33. The molecule has 0 aliphatic rings. The van der Waals surface area contributed by atoms with Crippen molar-refractivity contribution in [2.75, 3.05) is 27.3 Å². The molecule has 7 nitrogen and oxygen atoms in total. The molecule has 1 aromatic carbocycles. The largest absolute Gasteiger partial charge is 0.493 e. The Kier molecular flexibility index (Phi) is 6.63. The Morgan fingerprint density at radius 2 is 1.82 bits per heavy atom. The summed E-state index contributed by atoms with van der Waals surface area (Å²) in [5.74, 6) is -0.309. The number of ether oxygens (including phenoxy) is 2. The van der Waals surface area contributed by atoms with Crippen LogP contribution in [0.1, 0.15) is 19.8 Å². The van der Waals surface area contributed by atoms with Gasteiger partial charge in [-0.1, -0.05) is 6.92 Å². The smallest absolute Gasteiger partial charge is 0.304 e. The average Bonchev–Trinajstić information content (AvgIpc) is 2.50. The van der Waals surface area contributed by atoms with Crippen molar-refractivity contribution < 1.29 is 27.8 Å². The van der Waals surface area contributed by atoms with Crippen molar-refractivity contribution in [3.8, 4) is 11.5 Å². The zero-order valence-electron chi connectivity index (χ0n) is 12.9. The summed E-state index contributed by atoms with van der Waals surface area (Å²) in [7, 11) is -0.902. The molecule has 0 unspecified atom stereocenters. The van der Waals surface area contributed by atoms with Gasteiger partial charge in [0.05, 0.1) is 25.5 Å². The summed E-state index contributed by atoms with van der Waals surface area (Å²) in [5.41, 5.74) is 0. The first-order valence-electron chi connectivity index (χ1n) is 6.80. The van der Waals surface area contributed by atoms with E-state index in [1.807, 2.05) is 6.92 Å². The lowest BCUT2D eigenvalue weighted by Gasteiger charge is -2.21. The van der Waals surface area contributed by atoms with E-state index in [1.54, 1.807) is 0 Å². The highest BCUT2D eigenvalue weighted by Gasteiger charge is 2.25. The number of benzene rings is 1. The first-order chi connectivity index (χ1) is 10.4. The third kappa shape index (κ3) is 4.35. The SMILES string of the molecule is CCCN(CCC(=O)O)S(=O)(=O)c1ccc(OC)c(OC)c1. The fourth-order valence-corrected chi connectivity index (χ4v) is 3.50. The Morgan fingerprint density at radius 1 is 1.18 bits per heavy atom. The van der Waals surface area contributed by atoms with Gasteiger partial charge < -0.3 is 14.6 Å². The molecular formula is C14H21NO6S. The summed E-state index contributed by atoms with van der Waals surface area (Å²) >= 11 is 0. The van der Waals surface area contributed by atoms with E-state index >= 15 is 0 Å². The summed E-state index contributed by atoms with van der Waals surface area (Å²) in [6, 6.07) is 4.30. The van der Waals surface area contributed by atoms with Gasteiger partial charge in [-0.15, -0.1) is 0 Å². The summed E-state index contributed by atoms with van der Waals surface area (Å²) in [5, 5.41) is 8.76. The Balaban J connectivity index is 3.15. The highest BCUT2D eigenvalue weighted by atomic mass is 32.2. The number of hydrogen-bond acceptors (Lipinski definition) is 5. The lowest BCUT2D eigenvalue weighted by atomic mass is 10.3. The van der Waals surface area contributed by atoms with E-state index < -0.39 is 16.0 Å². The van der Waals surface area contributed by atoms with Crippen molar-refractivity contribution >= 4 is 16.0 Å². The number of nitrogens with zero attached hydrogens (tertiary/aromatic N) is 1. The normalized spacial score (nSPS) is 11.5. The van der Waals surface area contributed by atoms with Gasteiger partial charge in [-0.3, -0.25) is 4.79 Å². The highest BCUT2D eigenvalue weighted by Crippen LogP contribution is 2.30. The zero-order valence-corrected chi connectivity index (χ0v) is 13.7. The van der Waals surface area contributed by atoms with Crippen LogP contribution in [-0.4, -0.2) is 51.1 Å². The average molecular weight is 331 g/mol. The van der Waals surface area contributed by atoms with Gasteiger partial charge in [0.25, 0.3) is 0 Å². The number of aliphatic carboxylic acids is 1. The number of hydrogen-bond donors (Lipinski definition) is 1. The van der Waals surface area contributed by atoms with Crippen molar-refractivity contribution in [3.05, 3.63) is 18.2 Å². The molecule has 0 aliphatic heterocycles. The highest BCUT2D eigenvalue weighted by molar-refractivity contribution is 7.89. The second-order valence-electron chi connectivity index (χ2n) is 4.56. The Hall–Kier alpha value is -1.80. The topological polar surface area (TPSA) is 93.1 Å². The summed E-state index contributed by atoms with van der Waals surface area (Å²) < 4.78 is 36.6. The fourth-order valence-electron chi connectivity index (χ4n) is 1.95. The fraction of sp³-hybridized carbons (Fsp3) is 0.500. The van der Waals surface area contributed by atoms with Crippen LogP contribution in [0.3, 0.4) is 0 Å². The van der Waals surface area contributed by atoms with E-state index in [1.165, 1.54) is 36.7 Å². The van der Waals surface area contributed by atoms with Gasteiger partial charge in [0, 0.05) is 19.2 Å². The molecule has 0 aliphatic carbocycles. The predicted octanol–water partition coefficient (Wildman–Crippen LogP) is 1.58. The molecule has 1 N–H and O–H groups in total. The molecule has 1 rings (SSSR count). The van der Waals surface area contributed by atoms with Crippen LogP contribution in [0.2, 0.25) is 0 Å². The number of rotatable bonds is 9. The standard InChI is InChI=1S/C14H21NO6S/c1-4-8-15(9-7-14(16)17)22(18,19)11-5-6-12(20-2)13(10-11)21-3/h5-6,10H,4,7-9H2,1-3H3,(H,16,17).